The molecule has 30 heavy (non-hydrogen) atoms. The lowest BCUT2D eigenvalue weighted by atomic mass is 9.67. The largest absolute Gasteiger partial charge is 0.462 e. The molecule has 8 heteroatoms. The lowest BCUT2D eigenvalue weighted by Gasteiger charge is -2.36. The van der Waals surface area contributed by atoms with Gasteiger partial charge >= 0.3 is 5.97 Å². The predicted molar refractivity (Wildman–Crippen MR) is 109 cm³/mol. The maximum atomic E-state index is 13.5. The molecule has 1 aromatic carbocycles. The number of nitrogens with one attached hydrogen (secondary N) is 1. The summed E-state index contributed by atoms with van der Waals surface area (Å²) >= 11 is 0. The molecule has 0 radical (unpaired) electrons. The number of hydrogen-bond acceptors (Lipinski definition) is 7. The summed E-state index contributed by atoms with van der Waals surface area (Å²) in [7, 11) is 0. The molecular weight excluding hydrogens is 388 g/mol. The number of carbonyl (C=O) groups excluding carboxylic acids is 3. The number of ketones is 1. The number of fused-ring (bicyclic) bond motifs is 2. The zero-order valence-electron chi connectivity index (χ0n) is 17.5. The van der Waals surface area contributed by atoms with Gasteiger partial charge in [0, 0.05) is 17.7 Å². The standard InChI is InChI=1S/C22H26N2O6/c1-5-9-15(25)16-18(23)30-20(29-12(3)4)17(19(26)28-6-2)22(16)13-10-7-8-11-14(13)24-21(22)27/h7-8,10-12H,5-6,9,23H2,1-4H3,(H,24,27). The zero-order valence-corrected chi connectivity index (χ0v) is 17.5. The van der Waals surface area contributed by atoms with Crippen LogP contribution >= 0.6 is 0 Å². The van der Waals surface area contributed by atoms with Gasteiger partial charge in [-0.15, -0.1) is 0 Å². The third kappa shape index (κ3) is 3.22. The van der Waals surface area contributed by atoms with Gasteiger partial charge in [-0.1, -0.05) is 25.1 Å². The molecule has 160 valence electrons. The number of hydrogen-bond donors (Lipinski definition) is 2. The Labute approximate surface area is 175 Å². The van der Waals surface area contributed by atoms with Gasteiger partial charge in [0.2, 0.25) is 11.8 Å². The van der Waals surface area contributed by atoms with Gasteiger partial charge in [-0.3, -0.25) is 9.59 Å². The Morgan fingerprint density at radius 1 is 1.20 bits per heavy atom. The predicted octanol–water partition coefficient (Wildman–Crippen LogP) is 2.65. The van der Waals surface area contributed by atoms with Crippen LogP contribution in [0.15, 0.2) is 47.2 Å². The summed E-state index contributed by atoms with van der Waals surface area (Å²) in [4.78, 5) is 39.8. The number of ether oxygens (including phenoxy) is 3. The van der Waals surface area contributed by atoms with E-state index in [1.807, 2.05) is 6.92 Å². The minimum atomic E-state index is -1.82. The Hall–Kier alpha value is -3.29. The first-order chi connectivity index (χ1) is 14.3. The Kier molecular flexibility index (Phi) is 5.87. The molecule has 0 fully saturated rings. The second kappa shape index (κ2) is 8.22. The van der Waals surface area contributed by atoms with Crippen LogP contribution in [0.2, 0.25) is 0 Å². The fourth-order valence-electron chi connectivity index (χ4n) is 3.85. The van der Waals surface area contributed by atoms with Crippen molar-refractivity contribution in [1.82, 2.24) is 0 Å². The Morgan fingerprint density at radius 2 is 1.90 bits per heavy atom. The van der Waals surface area contributed by atoms with Crippen molar-refractivity contribution in [2.24, 2.45) is 5.73 Å². The summed E-state index contributed by atoms with van der Waals surface area (Å²) in [5.74, 6) is -2.27. The van der Waals surface area contributed by atoms with E-state index in [9.17, 15) is 14.4 Å². The van der Waals surface area contributed by atoms with E-state index in [-0.39, 0.29) is 47.9 Å². The molecule has 0 saturated carbocycles. The normalized spacial score (nSPS) is 20.2. The minimum absolute atomic E-state index is 0.0636. The van der Waals surface area contributed by atoms with Crippen molar-refractivity contribution in [1.29, 1.82) is 0 Å². The molecule has 1 spiro atoms. The number of benzene rings is 1. The minimum Gasteiger partial charge on any atom is -0.462 e. The first-order valence-electron chi connectivity index (χ1n) is 9.99. The topological polar surface area (TPSA) is 117 Å². The summed E-state index contributed by atoms with van der Waals surface area (Å²) < 4.78 is 16.6. The van der Waals surface area contributed by atoms with Gasteiger partial charge < -0.3 is 25.3 Å². The maximum absolute atomic E-state index is 13.5. The average molecular weight is 414 g/mol. The van der Waals surface area contributed by atoms with Crippen molar-refractivity contribution in [3.8, 4) is 0 Å². The number of nitrogens with two attached hydrogens (primary N) is 1. The van der Waals surface area contributed by atoms with E-state index in [1.165, 1.54) is 0 Å². The third-order valence-electron chi connectivity index (χ3n) is 4.90. The average Bonchev–Trinajstić information content (AvgIpc) is 2.94. The first-order valence-corrected chi connectivity index (χ1v) is 9.99. The fraction of sp³-hybridized carbons (Fsp3) is 0.409. The fourth-order valence-corrected chi connectivity index (χ4v) is 3.85. The molecule has 1 aromatic rings. The molecular formula is C22H26N2O6. The second-order valence-electron chi connectivity index (χ2n) is 7.31. The van der Waals surface area contributed by atoms with Crippen LogP contribution in [0.5, 0.6) is 0 Å². The molecule has 1 atom stereocenters. The summed E-state index contributed by atoms with van der Waals surface area (Å²) in [6.07, 6.45) is 0.275. The Bertz CT molecular complexity index is 962. The Morgan fingerprint density at radius 3 is 2.53 bits per heavy atom. The Balaban J connectivity index is 2.40. The smallest absolute Gasteiger partial charge is 0.343 e. The van der Waals surface area contributed by atoms with Gasteiger partial charge in [0.1, 0.15) is 11.0 Å². The highest BCUT2D eigenvalue weighted by atomic mass is 16.7. The lowest BCUT2D eigenvalue weighted by Crippen LogP contribution is -2.48. The molecule has 1 unspecified atom stereocenters. The monoisotopic (exact) mass is 414 g/mol. The van der Waals surface area contributed by atoms with E-state index in [1.54, 1.807) is 45.0 Å². The van der Waals surface area contributed by atoms with Gasteiger partial charge in [0.05, 0.1) is 18.3 Å². The molecule has 0 aromatic heterocycles. The van der Waals surface area contributed by atoms with Gasteiger partial charge in [-0.2, -0.15) is 0 Å². The number of amides is 1. The van der Waals surface area contributed by atoms with Crippen molar-refractivity contribution in [2.45, 2.75) is 52.1 Å². The van der Waals surface area contributed by atoms with Crippen molar-refractivity contribution in [3.63, 3.8) is 0 Å². The molecule has 2 heterocycles. The lowest BCUT2D eigenvalue weighted by molar-refractivity contribution is -0.142. The summed E-state index contributed by atoms with van der Waals surface area (Å²) in [6.45, 7) is 7.03. The number of rotatable bonds is 7. The SMILES string of the molecule is CCCC(=O)C1=C(N)OC(OC(C)C)=C(C(=O)OCC)C12C(=O)Nc1ccccc12. The number of Topliss-reactive ketones (excluding diaryl/α,β-unsaturated/α-hetero) is 1. The number of esters is 1. The van der Waals surface area contributed by atoms with E-state index in [4.69, 9.17) is 19.9 Å². The molecule has 2 aliphatic heterocycles. The maximum Gasteiger partial charge on any atom is 0.343 e. The first kappa shape index (κ1) is 21.4. The van der Waals surface area contributed by atoms with Crippen LogP contribution in [-0.2, 0) is 34.0 Å². The molecule has 3 rings (SSSR count). The molecule has 2 aliphatic rings. The second-order valence-corrected chi connectivity index (χ2v) is 7.31. The molecule has 3 N–H and O–H groups in total. The van der Waals surface area contributed by atoms with Crippen molar-refractivity contribution >= 4 is 23.3 Å². The number of para-hydroxylation sites is 1. The van der Waals surface area contributed by atoms with Gasteiger partial charge in [0.15, 0.2) is 5.78 Å². The van der Waals surface area contributed by atoms with Crippen molar-refractivity contribution in [2.75, 3.05) is 11.9 Å². The highest BCUT2D eigenvalue weighted by Gasteiger charge is 2.62. The van der Waals surface area contributed by atoms with E-state index < -0.39 is 17.3 Å². The quantitative estimate of drug-likeness (QED) is 0.659. The molecule has 0 aliphatic carbocycles. The highest BCUT2D eigenvalue weighted by molar-refractivity contribution is 6.22. The molecule has 8 nitrogen and oxygen atoms in total. The molecule has 1 amide bonds. The van der Waals surface area contributed by atoms with Crippen LogP contribution in [0, 0.1) is 0 Å². The van der Waals surface area contributed by atoms with E-state index >= 15 is 0 Å². The molecule has 0 saturated heterocycles. The van der Waals surface area contributed by atoms with Crippen molar-refractivity contribution < 1.29 is 28.6 Å². The molecule has 0 bridgehead atoms. The van der Waals surface area contributed by atoms with Crippen LogP contribution in [0.3, 0.4) is 0 Å². The van der Waals surface area contributed by atoms with Crippen molar-refractivity contribution in [3.05, 3.63) is 52.8 Å². The van der Waals surface area contributed by atoms with E-state index in [2.05, 4.69) is 5.32 Å². The third-order valence-corrected chi connectivity index (χ3v) is 4.90. The van der Waals surface area contributed by atoms with E-state index in [0.29, 0.717) is 17.7 Å². The van der Waals surface area contributed by atoms with Crippen LogP contribution in [0.4, 0.5) is 5.69 Å². The van der Waals surface area contributed by atoms with Crippen LogP contribution in [0.25, 0.3) is 0 Å². The zero-order chi connectivity index (χ0) is 22.1. The summed E-state index contributed by atoms with van der Waals surface area (Å²) in [6, 6.07) is 6.84. The van der Waals surface area contributed by atoms with Gasteiger partial charge in [0.25, 0.3) is 5.95 Å². The van der Waals surface area contributed by atoms with Crippen LogP contribution in [-0.4, -0.2) is 30.4 Å². The summed E-state index contributed by atoms with van der Waals surface area (Å²) in [5.41, 5.74) is 5.00. The number of carbonyl (C=O) groups is 3. The van der Waals surface area contributed by atoms with Crippen LogP contribution in [0.1, 0.15) is 46.1 Å². The van der Waals surface area contributed by atoms with E-state index in [0.717, 1.165) is 0 Å². The summed E-state index contributed by atoms with van der Waals surface area (Å²) in [5, 5.41) is 2.77. The highest BCUT2D eigenvalue weighted by Crippen LogP contribution is 2.52. The van der Waals surface area contributed by atoms with Gasteiger partial charge in [-0.25, -0.2) is 4.79 Å². The van der Waals surface area contributed by atoms with Gasteiger partial charge in [-0.05, 0) is 33.3 Å². The number of anilines is 1. The van der Waals surface area contributed by atoms with Crippen LogP contribution < -0.4 is 11.1 Å².